The predicted molar refractivity (Wildman–Crippen MR) is 88.1 cm³/mol. The van der Waals surface area contributed by atoms with E-state index in [1.807, 2.05) is 12.4 Å². The monoisotopic (exact) mass is 276 g/mol. The van der Waals surface area contributed by atoms with Crippen LogP contribution < -0.4 is 5.32 Å². The summed E-state index contributed by atoms with van der Waals surface area (Å²) in [6.07, 6.45) is 4.84. The molecule has 0 radical (unpaired) electrons. The third-order valence-electron chi connectivity index (χ3n) is 3.79. The number of hydrogen-bond acceptors (Lipinski definition) is 2. The van der Waals surface area contributed by atoms with Crippen molar-refractivity contribution in [3.63, 3.8) is 0 Å². The van der Waals surface area contributed by atoms with Gasteiger partial charge in [-0.1, -0.05) is 43.3 Å². The zero-order chi connectivity index (χ0) is 14.5. The Balaban J connectivity index is 1.60. The zero-order valence-corrected chi connectivity index (χ0v) is 12.3. The minimum atomic E-state index is 0.883. The number of nitrogens with one attached hydrogen (secondary N) is 1. The maximum Gasteiger partial charge on any atom is 0.0346 e. The molecule has 0 bridgehead atoms. The Hall–Kier alpha value is -2.19. The Morgan fingerprint density at radius 1 is 0.810 bits per heavy atom. The summed E-state index contributed by atoms with van der Waals surface area (Å²) < 4.78 is 0. The van der Waals surface area contributed by atoms with Crippen LogP contribution in [0.1, 0.15) is 23.6 Å². The van der Waals surface area contributed by atoms with Crippen molar-refractivity contribution in [2.45, 2.75) is 26.4 Å². The topological polar surface area (TPSA) is 24.9 Å². The van der Waals surface area contributed by atoms with Gasteiger partial charge in [0, 0.05) is 30.9 Å². The molecule has 1 N–H and O–H groups in total. The normalized spacial score (nSPS) is 10.9. The predicted octanol–water partition coefficient (Wildman–Crippen LogP) is 4.09. The van der Waals surface area contributed by atoms with E-state index in [1.54, 1.807) is 0 Å². The lowest BCUT2D eigenvalue weighted by molar-refractivity contribution is 0.694. The van der Waals surface area contributed by atoms with E-state index >= 15 is 0 Å². The second-order valence-corrected chi connectivity index (χ2v) is 5.33. The minimum absolute atomic E-state index is 0.883. The van der Waals surface area contributed by atoms with Gasteiger partial charge >= 0.3 is 0 Å². The molecule has 0 amide bonds. The highest BCUT2D eigenvalue weighted by molar-refractivity contribution is 5.81. The van der Waals surface area contributed by atoms with Crippen LogP contribution in [0.25, 0.3) is 10.8 Å². The molecule has 3 aromatic rings. The number of benzene rings is 2. The first kappa shape index (κ1) is 13.8. The van der Waals surface area contributed by atoms with Crippen molar-refractivity contribution >= 4 is 10.8 Å². The highest BCUT2D eigenvalue weighted by Gasteiger charge is 1.98. The van der Waals surface area contributed by atoms with Gasteiger partial charge in [-0.3, -0.25) is 4.98 Å². The summed E-state index contributed by atoms with van der Waals surface area (Å²) in [6, 6.07) is 17.4. The molecule has 1 heterocycles. The van der Waals surface area contributed by atoms with E-state index in [0.29, 0.717) is 0 Å². The van der Waals surface area contributed by atoms with Gasteiger partial charge in [0.05, 0.1) is 0 Å². The van der Waals surface area contributed by atoms with Gasteiger partial charge in [0.25, 0.3) is 0 Å². The average molecular weight is 276 g/mol. The molecular formula is C19H20N2. The van der Waals surface area contributed by atoms with Crippen LogP contribution in [0.3, 0.4) is 0 Å². The van der Waals surface area contributed by atoms with E-state index in [-0.39, 0.29) is 0 Å². The van der Waals surface area contributed by atoms with E-state index in [9.17, 15) is 0 Å². The Labute approximate surface area is 125 Å². The van der Waals surface area contributed by atoms with Crippen molar-refractivity contribution < 1.29 is 0 Å². The van der Waals surface area contributed by atoms with E-state index in [1.165, 1.54) is 27.5 Å². The van der Waals surface area contributed by atoms with Crippen molar-refractivity contribution in [1.29, 1.82) is 0 Å². The van der Waals surface area contributed by atoms with Crippen molar-refractivity contribution in [2.75, 3.05) is 0 Å². The number of fused-ring (bicyclic) bond motifs is 1. The van der Waals surface area contributed by atoms with E-state index < -0.39 is 0 Å². The Morgan fingerprint density at radius 2 is 1.52 bits per heavy atom. The van der Waals surface area contributed by atoms with Gasteiger partial charge in [0.15, 0.2) is 0 Å². The fraction of sp³-hybridized carbons (Fsp3) is 0.211. The first-order valence-electron chi connectivity index (χ1n) is 7.46. The quantitative estimate of drug-likeness (QED) is 0.759. The van der Waals surface area contributed by atoms with Crippen LogP contribution in [-0.4, -0.2) is 4.98 Å². The van der Waals surface area contributed by atoms with E-state index in [0.717, 1.165) is 19.5 Å². The van der Waals surface area contributed by atoms with Crippen LogP contribution in [0, 0.1) is 0 Å². The standard InChI is InChI=1S/C19H20N2/c1-2-15-3-5-16(6-4-15)12-21-13-17-7-8-19-14-20-10-9-18(19)11-17/h3-11,14,21H,2,12-13H2,1H3. The lowest BCUT2D eigenvalue weighted by Gasteiger charge is -2.07. The van der Waals surface area contributed by atoms with Gasteiger partial charge in [0.1, 0.15) is 0 Å². The van der Waals surface area contributed by atoms with E-state index in [2.05, 4.69) is 65.8 Å². The van der Waals surface area contributed by atoms with Gasteiger partial charge in [-0.05, 0) is 40.6 Å². The number of hydrogen-bond donors (Lipinski definition) is 1. The summed E-state index contributed by atoms with van der Waals surface area (Å²) in [6.45, 7) is 3.97. The summed E-state index contributed by atoms with van der Waals surface area (Å²) in [4.78, 5) is 4.14. The van der Waals surface area contributed by atoms with Gasteiger partial charge in [-0.15, -0.1) is 0 Å². The average Bonchev–Trinajstić information content (AvgIpc) is 2.55. The molecule has 1 aromatic heterocycles. The van der Waals surface area contributed by atoms with Crippen molar-refractivity contribution in [1.82, 2.24) is 10.3 Å². The fourth-order valence-electron chi connectivity index (χ4n) is 2.49. The second-order valence-electron chi connectivity index (χ2n) is 5.33. The minimum Gasteiger partial charge on any atom is -0.309 e. The second kappa shape index (κ2) is 6.51. The lowest BCUT2D eigenvalue weighted by atomic mass is 10.1. The van der Waals surface area contributed by atoms with Gasteiger partial charge < -0.3 is 5.32 Å². The summed E-state index contributed by atoms with van der Waals surface area (Å²) >= 11 is 0. The fourth-order valence-corrected chi connectivity index (χ4v) is 2.49. The smallest absolute Gasteiger partial charge is 0.0346 e. The number of aryl methyl sites for hydroxylation is 1. The molecule has 2 heteroatoms. The summed E-state index contributed by atoms with van der Waals surface area (Å²) in [5, 5.41) is 5.94. The molecule has 0 aliphatic carbocycles. The molecule has 0 spiro atoms. The molecule has 0 saturated carbocycles. The van der Waals surface area contributed by atoms with Crippen LogP contribution in [0.5, 0.6) is 0 Å². The van der Waals surface area contributed by atoms with Crippen LogP contribution in [-0.2, 0) is 19.5 Å². The largest absolute Gasteiger partial charge is 0.309 e. The SMILES string of the molecule is CCc1ccc(CNCc2ccc3cnccc3c2)cc1. The molecule has 2 aromatic carbocycles. The lowest BCUT2D eigenvalue weighted by Crippen LogP contribution is -2.12. The van der Waals surface area contributed by atoms with Crippen LogP contribution in [0.15, 0.2) is 60.9 Å². The molecule has 0 aliphatic rings. The number of aromatic nitrogens is 1. The van der Waals surface area contributed by atoms with Crippen molar-refractivity contribution in [3.8, 4) is 0 Å². The van der Waals surface area contributed by atoms with Gasteiger partial charge in [0.2, 0.25) is 0 Å². The molecule has 0 fully saturated rings. The Kier molecular flexibility index (Phi) is 4.27. The summed E-state index contributed by atoms with van der Waals surface area (Å²) in [5.74, 6) is 0. The summed E-state index contributed by atoms with van der Waals surface area (Å²) in [5.41, 5.74) is 4.03. The highest BCUT2D eigenvalue weighted by atomic mass is 14.8. The van der Waals surface area contributed by atoms with Crippen LogP contribution in [0.4, 0.5) is 0 Å². The summed E-state index contributed by atoms with van der Waals surface area (Å²) in [7, 11) is 0. The number of pyridine rings is 1. The third-order valence-corrected chi connectivity index (χ3v) is 3.79. The molecule has 0 unspecified atom stereocenters. The third kappa shape index (κ3) is 3.47. The zero-order valence-electron chi connectivity index (χ0n) is 12.3. The van der Waals surface area contributed by atoms with Crippen molar-refractivity contribution in [3.05, 3.63) is 77.6 Å². The molecule has 0 atom stereocenters. The number of nitrogens with zero attached hydrogens (tertiary/aromatic N) is 1. The molecule has 21 heavy (non-hydrogen) atoms. The molecule has 3 rings (SSSR count). The maximum atomic E-state index is 4.14. The molecule has 0 aliphatic heterocycles. The molecular weight excluding hydrogens is 256 g/mol. The van der Waals surface area contributed by atoms with Crippen LogP contribution >= 0.6 is 0 Å². The number of rotatable bonds is 5. The molecule has 0 saturated heterocycles. The van der Waals surface area contributed by atoms with Crippen LogP contribution in [0.2, 0.25) is 0 Å². The molecule has 2 nitrogen and oxygen atoms in total. The first-order valence-corrected chi connectivity index (χ1v) is 7.46. The Bertz CT molecular complexity index is 717. The van der Waals surface area contributed by atoms with Gasteiger partial charge in [-0.25, -0.2) is 0 Å². The van der Waals surface area contributed by atoms with Gasteiger partial charge in [-0.2, -0.15) is 0 Å². The molecule has 106 valence electrons. The Morgan fingerprint density at radius 3 is 2.33 bits per heavy atom. The first-order chi connectivity index (χ1) is 10.3. The highest BCUT2D eigenvalue weighted by Crippen LogP contribution is 2.14. The van der Waals surface area contributed by atoms with E-state index in [4.69, 9.17) is 0 Å². The maximum absolute atomic E-state index is 4.14. The van der Waals surface area contributed by atoms with Crippen molar-refractivity contribution in [2.24, 2.45) is 0 Å².